The number of furan rings is 1. The lowest BCUT2D eigenvalue weighted by atomic mass is 10.1. The molecule has 2 unspecified atom stereocenters. The van der Waals surface area contributed by atoms with Crippen molar-refractivity contribution < 1.29 is 4.42 Å². The van der Waals surface area contributed by atoms with Crippen molar-refractivity contribution in [1.82, 2.24) is 5.32 Å². The Balaban J connectivity index is 1.73. The van der Waals surface area contributed by atoms with Crippen LogP contribution in [0, 0.1) is 0 Å². The molecule has 0 aromatic carbocycles. The fourth-order valence-electron chi connectivity index (χ4n) is 2.33. The van der Waals surface area contributed by atoms with Crippen LogP contribution in [0.15, 0.2) is 34.9 Å². The molecule has 2 aromatic heterocycles. The normalized spacial score (nSPS) is 20.8. The zero-order chi connectivity index (χ0) is 13.1. The van der Waals surface area contributed by atoms with E-state index in [0.29, 0.717) is 0 Å². The van der Waals surface area contributed by atoms with Crippen molar-refractivity contribution >= 4 is 34.7 Å². The first kappa shape index (κ1) is 13.6. The van der Waals surface area contributed by atoms with Crippen LogP contribution in [-0.4, -0.2) is 17.5 Å². The molecule has 1 aliphatic heterocycles. The van der Waals surface area contributed by atoms with Gasteiger partial charge in [-0.1, -0.05) is 11.6 Å². The van der Waals surface area contributed by atoms with Crippen molar-refractivity contribution in [2.75, 3.05) is 12.3 Å². The summed E-state index contributed by atoms with van der Waals surface area (Å²) in [5, 5.41) is 4.36. The molecule has 5 heteroatoms. The Bertz CT molecular complexity index is 505. The van der Waals surface area contributed by atoms with Crippen LogP contribution in [-0.2, 0) is 0 Å². The van der Waals surface area contributed by atoms with Crippen molar-refractivity contribution in [3.8, 4) is 0 Å². The first-order chi connectivity index (χ1) is 9.33. The molecule has 1 aliphatic rings. The Hall–Kier alpha value is -0.420. The second-order valence-corrected chi connectivity index (χ2v) is 7.79. The standard InChI is InChI=1S/C14H16ClNOS2/c15-13-6-5-12(19-13)14(11-4-1-7-17-11)16-9-10-3-2-8-18-10/h1,4-7,10,14,16H,2-3,8-9H2. The maximum absolute atomic E-state index is 6.05. The topological polar surface area (TPSA) is 25.2 Å². The van der Waals surface area contributed by atoms with E-state index in [4.69, 9.17) is 16.0 Å². The number of hydrogen-bond acceptors (Lipinski definition) is 4. The minimum Gasteiger partial charge on any atom is -0.467 e. The van der Waals surface area contributed by atoms with Gasteiger partial charge in [0.2, 0.25) is 0 Å². The largest absolute Gasteiger partial charge is 0.467 e. The van der Waals surface area contributed by atoms with E-state index in [1.807, 2.05) is 18.2 Å². The number of thioether (sulfide) groups is 1. The van der Waals surface area contributed by atoms with E-state index in [9.17, 15) is 0 Å². The molecule has 2 nitrogen and oxygen atoms in total. The average Bonchev–Trinajstić information content (AvgIpc) is 3.11. The first-order valence-corrected chi connectivity index (χ1v) is 8.71. The highest BCUT2D eigenvalue weighted by molar-refractivity contribution is 8.00. The van der Waals surface area contributed by atoms with Gasteiger partial charge in [-0.2, -0.15) is 11.8 Å². The summed E-state index contributed by atoms with van der Waals surface area (Å²) in [5.41, 5.74) is 0. The van der Waals surface area contributed by atoms with Gasteiger partial charge in [0.25, 0.3) is 0 Å². The predicted octanol–water partition coefficient (Wildman–Crippen LogP) is 4.57. The number of nitrogens with one attached hydrogen (secondary N) is 1. The zero-order valence-electron chi connectivity index (χ0n) is 10.5. The fraction of sp³-hybridized carbons (Fsp3) is 0.429. The number of thiophene rings is 1. The molecule has 0 amide bonds. The Labute approximate surface area is 126 Å². The van der Waals surface area contributed by atoms with Gasteiger partial charge in [0.15, 0.2) is 0 Å². The average molecular weight is 314 g/mol. The summed E-state index contributed by atoms with van der Waals surface area (Å²) in [7, 11) is 0. The van der Waals surface area contributed by atoms with Gasteiger partial charge >= 0.3 is 0 Å². The van der Waals surface area contributed by atoms with Gasteiger partial charge in [-0.25, -0.2) is 0 Å². The molecule has 102 valence electrons. The van der Waals surface area contributed by atoms with Crippen molar-refractivity contribution in [2.24, 2.45) is 0 Å². The van der Waals surface area contributed by atoms with Crippen molar-refractivity contribution in [3.63, 3.8) is 0 Å². The van der Waals surface area contributed by atoms with Crippen LogP contribution in [0.2, 0.25) is 4.34 Å². The molecule has 0 bridgehead atoms. The maximum atomic E-state index is 6.05. The molecule has 1 fully saturated rings. The third kappa shape index (κ3) is 3.37. The molecule has 19 heavy (non-hydrogen) atoms. The van der Waals surface area contributed by atoms with Crippen LogP contribution >= 0.6 is 34.7 Å². The first-order valence-electron chi connectivity index (χ1n) is 6.46. The zero-order valence-corrected chi connectivity index (χ0v) is 12.9. The Morgan fingerprint density at radius 3 is 3.00 bits per heavy atom. The molecular weight excluding hydrogens is 298 g/mol. The molecular formula is C14H16ClNOS2. The van der Waals surface area contributed by atoms with E-state index < -0.39 is 0 Å². The molecule has 3 heterocycles. The Morgan fingerprint density at radius 2 is 2.37 bits per heavy atom. The van der Waals surface area contributed by atoms with Crippen LogP contribution < -0.4 is 5.32 Å². The van der Waals surface area contributed by atoms with Crippen LogP contribution in [0.25, 0.3) is 0 Å². The van der Waals surface area contributed by atoms with E-state index in [0.717, 1.165) is 21.9 Å². The summed E-state index contributed by atoms with van der Waals surface area (Å²) in [5.74, 6) is 2.25. The number of halogens is 1. The van der Waals surface area contributed by atoms with Crippen LogP contribution in [0.4, 0.5) is 0 Å². The van der Waals surface area contributed by atoms with E-state index in [2.05, 4.69) is 23.1 Å². The highest BCUT2D eigenvalue weighted by atomic mass is 35.5. The quantitative estimate of drug-likeness (QED) is 0.875. The fourth-order valence-corrected chi connectivity index (χ4v) is 4.69. The summed E-state index contributed by atoms with van der Waals surface area (Å²) in [4.78, 5) is 1.21. The molecule has 0 saturated carbocycles. The molecule has 2 aromatic rings. The van der Waals surface area contributed by atoms with Gasteiger partial charge in [0.1, 0.15) is 11.8 Å². The summed E-state index contributed by atoms with van der Waals surface area (Å²) in [6.07, 6.45) is 4.38. The second kappa shape index (κ2) is 6.35. The van der Waals surface area contributed by atoms with Crippen molar-refractivity contribution in [3.05, 3.63) is 45.5 Å². The van der Waals surface area contributed by atoms with Gasteiger partial charge in [0.05, 0.1) is 10.6 Å². The minimum atomic E-state index is 0.119. The molecule has 3 rings (SSSR count). The molecule has 0 aliphatic carbocycles. The van der Waals surface area contributed by atoms with Gasteiger partial charge in [0, 0.05) is 16.7 Å². The highest BCUT2D eigenvalue weighted by Gasteiger charge is 2.22. The van der Waals surface area contributed by atoms with Crippen molar-refractivity contribution in [2.45, 2.75) is 24.1 Å². The molecule has 0 spiro atoms. The van der Waals surface area contributed by atoms with Crippen molar-refractivity contribution in [1.29, 1.82) is 0 Å². The van der Waals surface area contributed by atoms with Gasteiger partial charge in [-0.15, -0.1) is 11.3 Å². The van der Waals surface area contributed by atoms with E-state index >= 15 is 0 Å². The Morgan fingerprint density at radius 1 is 1.42 bits per heavy atom. The molecule has 0 radical (unpaired) electrons. The summed E-state index contributed by atoms with van der Waals surface area (Å²) in [6.45, 7) is 1.02. The van der Waals surface area contributed by atoms with E-state index in [-0.39, 0.29) is 6.04 Å². The Kier molecular flexibility index (Phi) is 4.53. The summed E-state index contributed by atoms with van der Waals surface area (Å²) >= 11 is 9.73. The lowest BCUT2D eigenvalue weighted by molar-refractivity contribution is 0.448. The molecule has 1 saturated heterocycles. The van der Waals surface area contributed by atoms with Gasteiger partial charge in [-0.3, -0.25) is 0 Å². The third-order valence-electron chi connectivity index (χ3n) is 3.28. The van der Waals surface area contributed by atoms with Crippen LogP contribution in [0.3, 0.4) is 0 Å². The lowest BCUT2D eigenvalue weighted by Crippen LogP contribution is -2.27. The van der Waals surface area contributed by atoms with Crippen LogP contribution in [0.1, 0.15) is 29.5 Å². The second-order valence-electron chi connectivity index (χ2n) is 4.63. The van der Waals surface area contributed by atoms with Crippen LogP contribution in [0.5, 0.6) is 0 Å². The maximum Gasteiger partial charge on any atom is 0.126 e. The monoisotopic (exact) mass is 313 g/mol. The molecule has 1 N–H and O–H groups in total. The third-order valence-corrected chi connectivity index (χ3v) is 5.97. The van der Waals surface area contributed by atoms with Gasteiger partial charge in [-0.05, 0) is 42.9 Å². The highest BCUT2D eigenvalue weighted by Crippen LogP contribution is 2.32. The van der Waals surface area contributed by atoms with Gasteiger partial charge < -0.3 is 9.73 Å². The molecule has 2 atom stereocenters. The summed E-state index contributed by atoms with van der Waals surface area (Å²) < 4.78 is 6.39. The lowest BCUT2D eigenvalue weighted by Gasteiger charge is -2.17. The minimum absolute atomic E-state index is 0.119. The van der Waals surface area contributed by atoms with E-state index in [1.54, 1.807) is 17.6 Å². The predicted molar refractivity (Wildman–Crippen MR) is 83.4 cm³/mol. The SMILES string of the molecule is Clc1ccc(C(NCC2CCCS2)c2ccco2)s1. The van der Waals surface area contributed by atoms with E-state index in [1.165, 1.54) is 23.5 Å². The number of rotatable bonds is 5. The number of hydrogen-bond donors (Lipinski definition) is 1. The summed E-state index contributed by atoms with van der Waals surface area (Å²) in [6, 6.07) is 8.10. The smallest absolute Gasteiger partial charge is 0.126 e.